The van der Waals surface area contributed by atoms with E-state index in [2.05, 4.69) is 11.5 Å². The fourth-order valence-electron chi connectivity index (χ4n) is 1.38. The molecule has 1 fully saturated rings. The molecule has 1 N–H and O–H groups in total. The molecular formula is C8H15NO. The van der Waals surface area contributed by atoms with Crippen molar-refractivity contribution in [2.75, 3.05) is 19.6 Å². The lowest BCUT2D eigenvalue weighted by Gasteiger charge is -2.28. The van der Waals surface area contributed by atoms with Crippen LogP contribution >= 0.6 is 0 Å². The SMILES string of the molecule is C=CCN1CCC[C@H](O)C1. The molecule has 1 heterocycles. The minimum atomic E-state index is -0.103. The summed E-state index contributed by atoms with van der Waals surface area (Å²) in [5, 5.41) is 9.23. The van der Waals surface area contributed by atoms with Crippen molar-refractivity contribution in [1.82, 2.24) is 4.90 Å². The number of aliphatic hydroxyl groups excluding tert-OH is 1. The number of nitrogens with zero attached hydrogens (tertiary/aromatic N) is 1. The van der Waals surface area contributed by atoms with E-state index < -0.39 is 0 Å². The summed E-state index contributed by atoms with van der Waals surface area (Å²) in [5.74, 6) is 0. The van der Waals surface area contributed by atoms with Crippen LogP contribution in [0.2, 0.25) is 0 Å². The Balaban J connectivity index is 2.24. The van der Waals surface area contributed by atoms with E-state index in [1.54, 1.807) is 0 Å². The zero-order valence-corrected chi connectivity index (χ0v) is 6.29. The maximum atomic E-state index is 9.23. The predicted octanol–water partition coefficient (Wildman–Crippen LogP) is 0.629. The second kappa shape index (κ2) is 3.74. The Bertz CT molecular complexity index is 114. The highest BCUT2D eigenvalue weighted by Crippen LogP contribution is 2.08. The summed E-state index contributed by atoms with van der Waals surface area (Å²) < 4.78 is 0. The van der Waals surface area contributed by atoms with Crippen molar-refractivity contribution in [1.29, 1.82) is 0 Å². The molecule has 1 aliphatic heterocycles. The van der Waals surface area contributed by atoms with Crippen LogP contribution < -0.4 is 0 Å². The van der Waals surface area contributed by atoms with Gasteiger partial charge in [0.25, 0.3) is 0 Å². The van der Waals surface area contributed by atoms with Crippen LogP contribution in [0.4, 0.5) is 0 Å². The number of aliphatic hydroxyl groups is 1. The first kappa shape index (κ1) is 7.76. The third-order valence-electron chi connectivity index (χ3n) is 1.87. The molecule has 0 unspecified atom stereocenters. The van der Waals surface area contributed by atoms with Crippen LogP contribution in [0, 0.1) is 0 Å². The fraction of sp³-hybridized carbons (Fsp3) is 0.750. The highest BCUT2D eigenvalue weighted by Gasteiger charge is 2.15. The molecular weight excluding hydrogens is 126 g/mol. The van der Waals surface area contributed by atoms with Crippen LogP contribution in [0.5, 0.6) is 0 Å². The molecule has 2 heteroatoms. The van der Waals surface area contributed by atoms with E-state index in [0.717, 1.165) is 32.5 Å². The first-order valence-electron chi connectivity index (χ1n) is 3.84. The van der Waals surface area contributed by atoms with Gasteiger partial charge in [-0.05, 0) is 19.4 Å². The van der Waals surface area contributed by atoms with Gasteiger partial charge in [-0.3, -0.25) is 4.90 Å². The van der Waals surface area contributed by atoms with E-state index in [1.807, 2.05) is 6.08 Å². The van der Waals surface area contributed by atoms with Gasteiger partial charge in [0, 0.05) is 13.1 Å². The number of piperidine rings is 1. The van der Waals surface area contributed by atoms with Gasteiger partial charge in [0.05, 0.1) is 6.10 Å². The van der Waals surface area contributed by atoms with E-state index in [9.17, 15) is 5.11 Å². The molecule has 0 spiro atoms. The molecule has 0 radical (unpaired) electrons. The average molecular weight is 141 g/mol. The minimum absolute atomic E-state index is 0.103. The Hall–Kier alpha value is -0.340. The minimum Gasteiger partial charge on any atom is -0.392 e. The molecule has 0 bridgehead atoms. The normalized spacial score (nSPS) is 28.3. The summed E-state index contributed by atoms with van der Waals surface area (Å²) in [7, 11) is 0. The van der Waals surface area contributed by atoms with E-state index in [4.69, 9.17) is 0 Å². The molecule has 0 aromatic heterocycles. The van der Waals surface area contributed by atoms with Gasteiger partial charge in [-0.25, -0.2) is 0 Å². The van der Waals surface area contributed by atoms with Gasteiger partial charge in [0.1, 0.15) is 0 Å². The number of β-amino-alcohol motifs (C(OH)–C–C–N with tert-alkyl or cyclic N) is 1. The Morgan fingerprint density at radius 1 is 1.70 bits per heavy atom. The molecule has 0 aliphatic carbocycles. The molecule has 1 aliphatic rings. The second-order valence-corrected chi connectivity index (χ2v) is 2.84. The molecule has 0 aromatic carbocycles. The molecule has 1 atom stereocenters. The van der Waals surface area contributed by atoms with Gasteiger partial charge in [0.2, 0.25) is 0 Å². The van der Waals surface area contributed by atoms with Gasteiger partial charge >= 0.3 is 0 Å². The number of likely N-dealkylation sites (tertiary alicyclic amines) is 1. The summed E-state index contributed by atoms with van der Waals surface area (Å²) in [6, 6.07) is 0. The highest BCUT2D eigenvalue weighted by molar-refractivity contribution is 4.78. The Morgan fingerprint density at radius 3 is 3.10 bits per heavy atom. The van der Waals surface area contributed by atoms with E-state index in [1.165, 1.54) is 0 Å². The van der Waals surface area contributed by atoms with Crippen molar-refractivity contribution in [3.8, 4) is 0 Å². The van der Waals surface area contributed by atoms with Gasteiger partial charge in [0.15, 0.2) is 0 Å². The standard InChI is InChI=1S/C8H15NO/c1-2-5-9-6-3-4-8(10)7-9/h2,8,10H,1,3-7H2/t8-/m0/s1. The van der Waals surface area contributed by atoms with Gasteiger partial charge in [-0.1, -0.05) is 6.08 Å². The lowest BCUT2D eigenvalue weighted by molar-refractivity contribution is 0.0771. The van der Waals surface area contributed by atoms with Crippen molar-refractivity contribution < 1.29 is 5.11 Å². The number of rotatable bonds is 2. The summed E-state index contributed by atoms with van der Waals surface area (Å²) in [5.41, 5.74) is 0. The van der Waals surface area contributed by atoms with Crippen LogP contribution in [-0.2, 0) is 0 Å². The second-order valence-electron chi connectivity index (χ2n) is 2.84. The van der Waals surface area contributed by atoms with Crippen molar-refractivity contribution in [2.24, 2.45) is 0 Å². The molecule has 0 amide bonds. The maximum Gasteiger partial charge on any atom is 0.0667 e. The lowest BCUT2D eigenvalue weighted by atomic mass is 10.1. The first-order valence-corrected chi connectivity index (χ1v) is 3.84. The van der Waals surface area contributed by atoms with E-state index >= 15 is 0 Å². The molecule has 0 saturated carbocycles. The molecule has 10 heavy (non-hydrogen) atoms. The Morgan fingerprint density at radius 2 is 2.50 bits per heavy atom. The average Bonchev–Trinajstić information content (AvgIpc) is 1.88. The fourth-order valence-corrected chi connectivity index (χ4v) is 1.38. The molecule has 2 nitrogen and oxygen atoms in total. The van der Waals surface area contributed by atoms with Crippen molar-refractivity contribution in [3.63, 3.8) is 0 Å². The Kier molecular flexibility index (Phi) is 2.90. The molecule has 1 rings (SSSR count). The van der Waals surface area contributed by atoms with Crippen molar-refractivity contribution >= 4 is 0 Å². The summed E-state index contributed by atoms with van der Waals surface area (Å²) >= 11 is 0. The third-order valence-corrected chi connectivity index (χ3v) is 1.87. The molecule has 1 saturated heterocycles. The van der Waals surface area contributed by atoms with Crippen LogP contribution in [0.3, 0.4) is 0 Å². The van der Waals surface area contributed by atoms with Crippen molar-refractivity contribution in [2.45, 2.75) is 18.9 Å². The van der Waals surface area contributed by atoms with Crippen LogP contribution in [-0.4, -0.2) is 35.7 Å². The maximum absolute atomic E-state index is 9.23. The monoisotopic (exact) mass is 141 g/mol. The third kappa shape index (κ3) is 2.12. The van der Waals surface area contributed by atoms with Gasteiger partial charge < -0.3 is 5.11 Å². The van der Waals surface area contributed by atoms with Crippen molar-refractivity contribution in [3.05, 3.63) is 12.7 Å². The Labute approximate surface area is 62.2 Å². The summed E-state index contributed by atoms with van der Waals surface area (Å²) in [6.45, 7) is 6.51. The van der Waals surface area contributed by atoms with Crippen LogP contribution in [0.1, 0.15) is 12.8 Å². The van der Waals surface area contributed by atoms with Gasteiger partial charge in [-0.15, -0.1) is 6.58 Å². The first-order chi connectivity index (χ1) is 4.83. The zero-order chi connectivity index (χ0) is 7.40. The quantitative estimate of drug-likeness (QED) is 0.570. The smallest absolute Gasteiger partial charge is 0.0667 e. The van der Waals surface area contributed by atoms with Gasteiger partial charge in [-0.2, -0.15) is 0 Å². The molecule has 0 aromatic rings. The summed E-state index contributed by atoms with van der Waals surface area (Å²) in [6.07, 6.45) is 3.87. The highest BCUT2D eigenvalue weighted by atomic mass is 16.3. The lowest BCUT2D eigenvalue weighted by Crippen LogP contribution is -2.38. The van der Waals surface area contributed by atoms with Crippen LogP contribution in [0.25, 0.3) is 0 Å². The van der Waals surface area contributed by atoms with E-state index in [0.29, 0.717) is 0 Å². The van der Waals surface area contributed by atoms with E-state index in [-0.39, 0.29) is 6.10 Å². The topological polar surface area (TPSA) is 23.5 Å². The zero-order valence-electron chi connectivity index (χ0n) is 6.29. The number of hydrogen-bond donors (Lipinski definition) is 1. The summed E-state index contributed by atoms with van der Waals surface area (Å²) in [4.78, 5) is 2.22. The predicted molar refractivity (Wildman–Crippen MR) is 41.9 cm³/mol. The largest absolute Gasteiger partial charge is 0.392 e. The number of hydrogen-bond acceptors (Lipinski definition) is 2. The molecule has 58 valence electrons. The van der Waals surface area contributed by atoms with Crippen LogP contribution in [0.15, 0.2) is 12.7 Å².